The van der Waals surface area contributed by atoms with E-state index in [1.807, 2.05) is 9.62 Å². The predicted molar refractivity (Wildman–Crippen MR) is 124 cm³/mol. The molecule has 9 nitrogen and oxygen atoms in total. The Morgan fingerprint density at radius 1 is 1.21 bits per heavy atom. The van der Waals surface area contributed by atoms with E-state index in [-0.39, 0.29) is 52.9 Å². The maximum atomic E-state index is 13.1. The number of aromatic nitrogens is 1. The first-order chi connectivity index (χ1) is 16.1. The Morgan fingerprint density at radius 3 is 2.47 bits per heavy atom. The second-order valence-corrected chi connectivity index (χ2v) is 10.6. The number of carbonyl (C=O) groups is 2. The number of anilines is 1. The first-order valence-electron chi connectivity index (χ1n) is 10.7. The summed E-state index contributed by atoms with van der Waals surface area (Å²) < 4.78 is 43.9. The van der Waals surface area contributed by atoms with E-state index in [1.165, 1.54) is 24.4 Å². The Morgan fingerprint density at radius 2 is 1.85 bits per heavy atom. The average molecular weight is 511 g/mol. The van der Waals surface area contributed by atoms with Crippen LogP contribution in [-0.2, 0) is 14.8 Å². The van der Waals surface area contributed by atoms with E-state index in [9.17, 15) is 22.4 Å². The molecule has 2 aliphatic rings. The molecule has 4 rings (SSSR count). The molecule has 2 aromatic rings. The highest BCUT2D eigenvalue weighted by atomic mass is 35.5. The van der Waals surface area contributed by atoms with Gasteiger partial charge in [-0.2, -0.15) is 0 Å². The molecular formula is C22H24ClFN4O5S. The molecule has 0 radical (unpaired) electrons. The highest BCUT2D eigenvalue weighted by Gasteiger charge is 2.43. The number of benzene rings is 1. The predicted octanol–water partition coefficient (Wildman–Crippen LogP) is 2.58. The standard InChI is InChI=1S/C22H24ClFN4O5S/c1-34(31,32)27-22(30)19-8-13(23)11-25-21(19)26-12-20(29)28-15-4-5-16(28)10-18(9-15)33-17-6-2-14(24)3-7-17/h2-3,6-8,11,15-16,18H,4-5,9-10,12H2,1H3,(H,25,26)(H,27,30). The van der Waals surface area contributed by atoms with E-state index in [4.69, 9.17) is 16.3 Å². The van der Waals surface area contributed by atoms with E-state index < -0.39 is 15.9 Å². The number of halogens is 2. The van der Waals surface area contributed by atoms with Crippen LogP contribution in [0.4, 0.5) is 10.2 Å². The van der Waals surface area contributed by atoms with Gasteiger partial charge < -0.3 is 15.0 Å². The molecule has 2 aliphatic heterocycles. The monoisotopic (exact) mass is 510 g/mol. The van der Waals surface area contributed by atoms with Crippen LogP contribution in [0.1, 0.15) is 36.0 Å². The molecule has 2 amide bonds. The average Bonchev–Trinajstić information content (AvgIpc) is 3.03. The smallest absolute Gasteiger partial charge is 0.268 e. The van der Waals surface area contributed by atoms with Crippen molar-refractivity contribution in [2.24, 2.45) is 0 Å². The molecule has 2 N–H and O–H groups in total. The highest BCUT2D eigenvalue weighted by molar-refractivity contribution is 7.89. The first kappa shape index (κ1) is 24.2. The molecule has 182 valence electrons. The Bertz CT molecular complexity index is 1180. The summed E-state index contributed by atoms with van der Waals surface area (Å²) in [5, 5.41) is 3.00. The van der Waals surface area contributed by atoms with Crippen LogP contribution in [-0.4, -0.2) is 61.1 Å². The minimum absolute atomic E-state index is 0.0182. The van der Waals surface area contributed by atoms with E-state index >= 15 is 0 Å². The second kappa shape index (κ2) is 9.75. The van der Waals surface area contributed by atoms with Gasteiger partial charge in [0.25, 0.3) is 5.91 Å². The van der Waals surface area contributed by atoms with Crippen LogP contribution in [0.5, 0.6) is 5.75 Å². The number of piperidine rings is 1. The second-order valence-electron chi connectivity index (χ2n) is 8.46. The zero-order valence-corrected chi connectivity index (χ0v) is 19.9. The van der Waals surface area contributed by atoms with E-state index in [0.29, 0.717) is 18.6 Å². The summed E-state index contributed by atoms with van der Waals surface area (Å²) in [4.78, 5) is 31.3. The Hall–Kier alpha value is -2.92. The van der Waals surface area contributed by atoms with Gasteiger partial charge in [-0.3, -0.25) is 9.59 Å². The number of fused-ring (bicyclic) bond motifs is 2. The lowest BCUT2D eigenvalue weighted by molar-refractivity contribution is -0.135. The fourth-order valence-corrected chi connectivity index (χ4v) is 5.17. The number of nitrogens with one attached hydrogen (secondary N) is 2. The fraction of sp³-hybridized carbons (Fsp3) is 0.409. The van der Waals surface area contributed by atoms with Crippen molar-refractivity contribution in [2.45, 2.75) is 43.9 Å². The van der Waals surface area contributed by atoms with Crippen LogP contribution < -0.4 is 14.8 Å². The molecule has 2 bridgehead atoms. The molecule has 34 heavy (non-hydrogen) atoms. The van der Waals surface area contributed by atoms with Crippen molar-refractivity contribution in [1.82, 2.24) is 14.6 Å². The number of carbonyl (C=O) groups excluding carboxylic acids is 2. The van der Waals surface area contributed by atoms with Gasteiger partial charge in [-0.25, -0.2) is 22.5 Å². The molecule has 2 atom stereocenters. The number of sulfonamides is 1. The van der Waals surface area contributed by atoms with E-state index in [2.05, 4.69) is 10.3 Å². The molecule has 0 aliphatic carbocycles. The van der Waals surface area contributed by atoms with Crippen LogP contribution in [0, 0.1) is 5.82 Å². The molecule has 2 fully saturated rings. The Kier molecular flexibility index (Phi) is 6.94. The third-order valence-corrected chi connectivity index (χ3v) is 6.64. The quantitative estimate of drug-likeness (QED) is 0.587. The molecule has 2 saturated heterocycles. The molecule has 1 aromatic carbocycles. The summed E-state index contributed by atoms with van der Waals surface area (Å²) in [7, 11) is -3.79. The lowest BCUT2D eigenvalue weighted by Gasteiger charge is -2.39. The summed E-state index contributed by atoms with van der Waals surface area (Å²) >= 11 is 5.92. The lowest BCUT2D eigenvalue weighted by Crippen LogP contribution is -2.51. The summed E-state index contributed by atoms with van der Waals surface area (Å²) in [6, 6.07) is 7.20. The first-order valence-corrected chi connectivity index (χ1v) is 13.0. The van der Waals surface area contributed by atoms with Gasteiger partial charge in [-0.15, -0.1) is 0 Å². The molecule has 2 unspecified atom stereocenters. The summed E-state index contributed by atoms with van der Waals surface area (Å²) in [5.74, 6) is -0.723. The third kappa shape index (κ3) is 5.76. The molecular weight excluding hydrogens is 487 g/mol. The molecule has 12 heteroatoms. The van der Waals surface area contributed by atoms with Crippen molar-refractivity contribution in [2.75, 3.05) is 18.1 Å². The van der Waals surface area contributed by atoms with Gasteiger partial charge in [0.2, 0.25) is 15.9 Å². The topological polar surface area (TPSA) is 118 Å². The van der Waals surface area contributed by atoms with Crippen LogP contribution >= 0.6 is 11.6 Å². The number of nitrogens with zero attached hydrogens (tertiary/aromatic N) is 2. The van der Waals surface area contributed by atoms with E-state index in [1.54, 1.807) is 12.1 Å². The minimum atomic E-state index is -3.79. The van der Waals surface area contributed by atoms with Crippen molar-refractivity contribution < 1.29 is 27.1 Å². The van der Waals surface area contributed by atoms with Crippen molar-refractivity contribution in [3.63, 3.8) is 0 Å². The van der Waals surface area contributed by atoms with Crippen LogP contribution in [0.3, 0.4) is 0 Å². The zero-order valence-electron chi connectivity index (χ0n) is 18.3. The normalized spacial score (nSPS) is 21.7. The minimum Gasteiger partial charge on any atom is -0.490 e. The van der Waals surface area contributed by atoms with Gasteiger partial charge in [0.1, 0.15) is 23.5 Å². The molecule has 3 heterocycles. The number of pyridine rings is 1. The molecule has 0 spiro atoms. The number of hydrogen-bond donors (Lipinski definition) is 2. The SMILES string of the molecule is CS(=O)(=O)NC(=O)c1cc(Cl)cnc1NCC(=O)N1C2CCC1CC(Oc1ccc(F)cc1)C2. The van der Waals surface area contributed by atoms with Crippen LogP contribution in [0.15, 0.2) is 36.5 Å². The van der Waals surface area contributed by atoms with Gasteiger partial charge >= 0.3 is 0 Å². The molecule has 1 aromatic heterocycles. The zero-order chi connectivity index (χ0) is 24.5. The van der Waals surface area contributed by atoms with Gasteiger partial charge in [0.05, 0.1) is 23.4 Å². The van der Waals surface area contributed by atoms with Gasteiger partial charge in [0.15, 0.2) is 0 Å². The van der Waals surface area contributed by atoms with Crippen LogP contribution in [0.25, 0.3) is 0 Å². The Balaban J connectivity index is 1.39. The van der Waals surface area contributed by atoms with Gasteiger partial charge in [-0.1, -0.05) is 11.6 Å². The van der Waals surface area contributed by atoms with Gasteiger partial charge in [-0.05, 0) is 43.2 Å². The van der Waals surface area contributed by atoms with Crippen molar-refractivity contribution in [3.05, 3.63) is 52.9 Å². The maximum Gasteiger partial charge on any atom is 0.268 e. The van der Waals surface area contributed by atoms with Gasteiger partial charge in [0, 0.05) is 31.1 Å². The lowest BCUT2D eigenvalue weighted by atomic mass is 9.99. The van der Waals surface area contributed by atoms with Crippen molar-refractivity contribution in [1.29, 1.82) is 0 Å². The largest absolute Gasteiger partial charge is 0.490 e. The number of rotatable bonds is 7. The Labute approximate surface area is 201 Å². The summed E-state index contributed by atoms with van der Waals surface area (Å²) in [6.07, 6.45) is 5.15. The molecule has 0 saturated carbocycles. The van der Waals surface area contributed by atoms with Crippen molar-refractivity contribution in [3.8, 4) is 5.75 Å². The van der Waals surface area contributed by atoms with E-state index in [0.717, 1.165) is 19.1 Å². The maximum absolute atomic E-state index is 13.1. The fourth-order valence-electron chi connectivity index (χ4n) is 4.56. The number of hydrogen-bond acceptors (Lipinski definition) is 7. The highest BCUT2D eigenvalue weighted by Crippen LogP contribution is 2.37. The third-order valence-electron chi connectivity index (χ3n) is 5.88. The summed E-state index contributed by atoms with van der Waals surface area (Å²) in [5.41, 5.74) is -0.0832. The van der Waals surface area contributed by atoms with Crippen molar-refractivity contribution >= 4 is 39.3 Å². The number of amides is 2. The van der Waals surface area contributed by atoms with Crippen LogP contribution in [0.2, 0.25) is 5.02 Å². The number of ether oxygens (including phenoxy) is 1. The summed E-state index contributed by atoms with van der Waals surface area (Å²) in [6.45, 7) is -0.121.